The molecule has 0 amide bonds. The third kappa shape index (κ3) is 5.88. The second-order valence-corrected chi connectivity index (χ2v) is 15.8. The zero-order valence-electron chi connectivity index (χ0n) is 32.1. The molecule has 0 saturated carbocycles. The molecule has 11 rings (SSSR count). The van der Waals surface area contributed by atoms with Gasteiger partial charge in [0.1, 0.15) is 0 Å². The molecule has 0 radical (unpaired) electrons. The van der Waals surface area contributed by atoms with E-state index in [1.807, 2.05) is 0 Å². The molecule has 2 heterocycles. The average Bonchev–Trinajstić information content (AvgIpc) is 3.80. The largest absolute Gasteiger partial charge is 0.338 e. The maximum atomic E-state index is 2.65. The molecule has 5 aliphatic rings. The molecule has 0 spiro atoms. The van der Waals surface area contributed by atoms with Crippen molar-refractivity contribution < 1.29 is 0 Å². The predicted octanol–water partition coefficient (Wildman–Crippen LogP) is 13.6. The predicted molar refractivity (Wildman–Crippen MR) is 239 cm³/mol. The second kappa shape index (κ2) is 14.2. The van der Waals surface area contributed by atoms with Crippen LogP contribution < -0.4 is 4.90 Å². The molecule has 0 bridgehead atoms. The Hall–Kier alpha value is -6.58. The number of aromatic nitrogens is 1. The van der Waals surface area contributed by atoms with Crippen molar-refractivity contribution in [2.45, 2.75) is 44.6 Å². The quantitative estimate of drug-likeness (QED) is 0.162. The lowest BCUT2D eigenvalue weighted by Crippen LogP contribution is -2.35. The van der Waals surface area contributed by atoms with Gasteiger partial charge in [-0.25, -0.2) is 0 Å². The number of hydrogen-bond donors (Lipinski definition) is 0. The smallest absolute Gasteiger partial charge is 0.0576 e. The van der Waals surface area contributed by atoms with Crippen LogP contribution in [0.2, 0.25) is 0 Å². The summed E-state index contributed by atoms with van der Waals surface area (Å²) in [7, 11) is 0. The van der Waals surface area contributed by atoms with E-state index in [1.165, 1.54) is 83.8 Å². The summed E-state index contributed by atoms with van der Waals surface area (Å²) >= 11 is 0. The van der Waals surface area contributed by atoms with Gasteiger partial charge in [-0.1, -0.05) is 127 Å². The molecule has 276 valence electrons. The number of para-hydroxylation sites is 2. The Labute approximate surface area is 335 Å². The fourth-order valence-corrected chi connectivity index (χ4v) is 9.84. The fraction of sp³-hybridized carbons (Fsp3) is 0.148. The van der Waals surface area contributed by atoms with E-state index in [1.54, 1.807) is 0 Å². The minimum Gasteiger partial charge on any atom is -0.338 e. The van der Waals surface area contributed by atoms with Crippen molar-refractivity contribution in [1.82, 2.24) is 9.47 Å². The van der Waals surface area contributed by atoms with Crippen molar-refractivity contribution in [2.75, 3.05) is 4.90 Å². The second-order valence-electron chi connectivity index (χ2n) is 15.8. The van der Waals surface area contributed by atoms with E-state index >= 15 is 0 Å². The van der Waals surface area contributed by atoms with Crippen molar-refractivity contribution in [2.24, 2.45) is 5.92 Å². The Balaban J connectivity index is 0.917. The van der Waals surface area contributed by atoms with Gasteiger partial charge in [-0.2, -0.15) is 0 Å². The lowest BCUT2D eigenvalue weighted by Gasteiger charge is -2.38. The number of allylic oxidation sites excluding steroid dienone is 12. The molecule has 2 unspecified atom stereocenters. The van der Waals surface area contributed by atoms with E-state index in [-0.39, 0.29) is 6.04 Å². The summed E-state index contributed by atoms with van der Waals surface area (Å²) in [6, 6.07) is 46.8. The maximum Gasteiger partial charge on any atom is 0.0576 e. The van der Waals surface area contributed by atoms with E-state index in [4.69, 9.17) is 0 Å². The number of rotatable bonds is 7. The first-order valence-electron chi connectivity index (χ1n) is 20.7. The zero-order valence-corrected chi connectivity index (χ0v) is 32.1. The Kier molecular flexibility index (Phi) is 8.39. The molecule has 0 N–H and O–H groups in total. The van der Waals surface area contributed by atoms with E-state index in [0.29, 0.717) is 5.92 Å². The van der Waals surface area contributed by atoms with Gasteiger partial charge in [0.25, 0.3) is 0 Å². The van der Waals surface area contributed by atoms with Crippen LogP contribution in [0.25, 0.3) is 44.2 Å². The van der Waals surface area contributed by atoms with E-state index < -0.39 is 0 Å². The lowest BCUT2D eigenvalue weighted by molar-refractivity contribution is 0.354. The molecule has 1 aliphatic heterocycles. The molecule has 5 aromatic carbocycles. The molecule has 1 fully saturated rings. The first-order valence-corrected chi connectivity index (χ1v) is 20.7. The van der Waals surface area contributed by atoms with Crippen molar-refractivity contribution >= 4 is 33.1 Å². The molecular formula is C54H45N3. The molecule has 57 heavy (non-hydrogen) atoms. The molecule has 2 atom stereocenters. The van der Waals surface area contributed by atoms with Gasteiger partial charge in [0.05, 0.1) is 17.1 Å². The van der Waals surface area contributed by atoms with E-state index in [9.17, 15) is 0 Å². The Morgan fingerprint density at radius 1 is 0.561 bits per heavy atom. The number of hydrogen-bond acceptors (Lipinski definition) is 2. The molecule has 6 aromatic rings. The topological polar surface area (TPSA) is 11.4 Å². The lowest BCUT2D eigenvalue weighted by atomic mass is 9.87. The number of fused-ring (bicyclic) bond motifs is 6. The highest BCUT2D eigenvalue weighted by Gasteiger charge is 2.40. The van der Waals surface area contributed by atoms with Crippen LogP contribution in [-0.2, 0) is 0 Å². The summed E-state index contributed by atoms with van der Waals surface area (Å²) in [6.45, 7) is 0. The first-order chi connectivity index (χ1) is 28.3. The van der Waals surface area contributed by atoms with Gasteiger partial charge < -0.3 is 14.4 Å². The summed E-state index contributed by atoms with van der Waals surface area (Å²) in [5.74, 6) is 0.402. The Morgan fingerprint density at radius 3 is 1.98 bits per heavy atom. The van der Waals surface area contributed by atoms with Gasteiger partial charge in [0, 0.05) is 50.9 Å². The molecule has 1 aromatic heterocycles. The van der Waals surface area contributed by atoms with Gasteiger partial charge in [0.2, 0.25) is 0 Å². The molecular weight excluding hydrogens is 691 g/mol. The van der Waals surface area contributed by atoms with Crippen molar-refractivity contribution in [3.05, 3.63) is 222 Å². The first kappa shape index (κ1) is 33.7. The van der Waals surface area contributed by atoms with Crippen LogP contribution in [0.5, 0.6) is 0 Å². The highest BCUT2D eigenvalue weighted by atomic mass is 15.2. The summed E-state index contributed by atoms with van der Waals surface area (Å²) in [6.07, 6.45) is 30.2. The van der Waals surface area contributed by atoms with Crippen LogP contribution >= 0.6 is 0 Å². The van der Waals surface area contributed by atoms with Gasteiger partial charge in [-0.15, -0.1) is 0 Å². The van der Waals surface area contributed by atoms with E-state index in [0.717, 1.165) is 38.5 Å². The van der Waals surface area contributed by atoms with E-state index in [2.05, 4.69) is 203 Å². The van der Waals surface area contributed by atoms with Crippen LogP contribution in [0.1, 0.15) is 44.1 Å². The maximum absolute atomic E-state index is 2.65. The summed E-state index contributed by atoms with van der Waals surface area (Å²) in [4.78, 5) is 5.19. The van der Waals surface area contributed by atoms with Crippen molar-refractivity contribution in [1.29, 1.82) is 0 Å². The van der Waals surface area contributed by atoms with Gasteiger partial charge >= 0.3 is 0 Å². The van der Waals surface area contributed by atoms with Crippen molar-refractivity contribution in [3.8, 4) is 16.8 Å². The third-order valence-corrected chi connectivity index (χ3v) is 12.6. The fourth-order valence-electron chi connectivity index (χ4n) is 9.84. The minimum atomic E-state index is 0.226. The molecule has 3 heteroatoms. The van der Waals surface area contributed by atoms with Crippen LogP contribution in [0.3, 0.4) is 0 Å². The van der Waals surface area contributed by atoms with Gasteiger partial charge in [0.15, 0.2) is 0 Å². The van der Waals surface area contributed by atoms with Crippen LogP contribution in [0.15, 0.2) is 217 Å². The Morgan fingerprint density at radius 2 is 1.26 bits per heavy atom. The van der Waals surface area contributed by atoms with Crippen LogP contribution in [0, 0.1) is 5.92 Å². The Bertz CT molecular complexity index is 2730. The summed E-state index contributed by atoms with van der Waals surface area (Å²) < 4.78 is 2.40. The van der Waals surface area contributed by atoms with Crippen molar-refractivity contribution in [3.63, 3.8) is 0 Å². The average molecular weight is 736 g/mol. The summed E-state index contributed by atoms with van der Waals surface area (Å²) in [5, 5.41) is 2.59. The monoisotopic (exact) mass is 735 g/mol. The highest BCUT2D eigenvalue weighted by molar-refractivity contribution is 6.09. The zero-order chi connectivity index (χ0) is 37.7. The summed E-state index contributed by atoms with van der Waals surface area (Å²) in [5.41, 5.74) is 17.1. The number of anilines is 1. The minimum absolute atomic E-state index is 0.226. The standard InChI is InChI=1S/C54H45N3/c1-3-13-38(14-4-1)39-25-33-45(34-26-39)57-53-22-12-9-19-49(53)50-36-35-46(37-54(50)57)55(42-15-5-2-6-16-42)43-29-23-40(24-30-43)41-27-31-44(32-28-41)56-51-20-10-7-17-47(51)48-18-8-11-21-52(48)56/h1,3-5,7-18,20-23,25-29,31-34,36-37,46,49H,2,6,19,24,30,35H2. The van der Waals surface area contributed by atoms with Gasteiger partial charge in [-0.3, -0.25) is 0 Å². The molecule has 3 nitrogen and oxygen atoms in total. The molecule has 1 saturated heterocycles. The molecule has 4 aliphatic carbocycles. The van der Waals surface area contributed by atoms with Crippen LogP contribution in [0.4, 0.5) is 5.69 Å². The highest BCUT2D eigenvalue weighted by Crippen LogP contribution is 2.50. The SMILES string of the molecule is C1=CCC2C3=CCC(N(C4=CCCC=C4)C4=CC=C(c5ccc(-n6c7ccccc7c7ccccc76)cc5)CC4)C=C3N(c3ccc(-c4ccccc4)cc3)C2=C1. The number of benzene rings is 5. The number of nitrogens with zero attached hydrogens (tertiary/aromatic N) is 3. The van der Waals surface area contributed by atoms with Crippen LogP contribution in [-0.4, -0.2) is 15.5 Å². The normalized spacial score (nSPS) is 20.0. The van der Waals surface area contributed by atoms with Gasteiger partial charge in [-0.05, 0) is 127 Å². The third-order valence-electron chi connectivity index (χ3n) is 12.6.